The van der Waals surface area contributed by atoms with Gasteiger partial charge in [-0.3, -0.25) is 19.3 Å². The second-order valence-corrected chi connectivity index (χ2v) is 9.53. The molecule has 2 aliphatic rings. The fraction of sp³-hybridized carbons (Fsp3) is 0.143. The third-order valence-corrected chi connectivity index (χ3v) is 6.98. The van der Waals surface area contributed by atoms with Gasteiger partial charge in [-0.2, -0.15) is 0 Å². The van der Waals surface area contributed by atoms with Gasteiger partial charge >= 0.3 is 0 Å². The number of para-hydroxylation sites is 1. The van der Waals surface area contributed by atoms with Crippen LogP contribution >= 0.6 is 15.9 Å². The van der Waals surface area contributed by atoms with Crippen LogP contribution in [-0.2, 0) is 21.0 Å². The lowest BCUT2D eigenvalue weighted by Gasteiger charge is -2.27. The van der Waals surface area contributed by atoms with Crippen molar-refractivity contribution in [3.05, 3.63) is 113 Å². The number of rotatable bonds is 5. The number of carbonyl (C=O) groups is 2. The van der Waals surface area contributed by atoms with Crippen molar-refractivity contribution < 1.29 is 18.8 Å². The van der Waals surface area contributed by atoms with Gasteiger partial charge in [0.05, 0.1) is 12.2 Å². The molecule has 0 saturated carbocycles. The number of anilines is 1. The summed E-state index contributed by atoms with van der Waals surface area (Å²) in [6.45, 7) is 0.217. The first kappa shape index (κ1) is 21.8. The largest absolute Gasteiger partial charge is 0.459 e. The first-order valence-electron chi connectivity index (χ1n) is 11.4. The number of hydroxylamine groups is 1. The Morgan fingerprint density at radius 1 is 0.771 bits per heavy atom. The maximum Gasteiger partial charge on any atom is 0.262 e. The molecule has 2 amide bonds. The topological polar surface area (TPSA) is 63.0 Å². The Hall–Kier alpha value is -3.68. The minimum absolute atomic E-state index is 0.217. The summed E-state index contributed by atoms with van der Waals surface area (Å²) in [7, 11) is 0. The van der Waals surface area contributed by atoms with E-state index in [0.29, 0.717) is 11.5 Å². The Morgan fingerprint density at radius 3 is 2.17 bits per heavy atom. The number of nitrogens with zero attached hydrogens (tertiary/aromatic N) is 2. The van der Waals surface area contributed by atoms with Crippen molar-refractivity contribution in [3.63, 3.8) is 0 Å². The molecule has 0 aliphatic carbocycles. The van der Waals surface area contributed by atoms with Gasteiger partial charge in [0.25, 0.3) is 5.91 Å². The molecular weight excluding hydrogens is 508 g/mol. The summed E-state index contributed by atoms with van der Waals surface area (Å²) >= 11 is 3.46. The molecule has 6 rings (SSSR count). The number of hydrogen-bond donors (Lipinski definition) is 0. The predicted molar refractivity (Wildman–Crippen MR) is 134 cm³/mol. The minimum Gasteiger partial charge on any atom is -0.459 e. The zero-order valence-electron chi connectivity index (χ0n) is 18.6. The zero-order chi connectivity index (χ0) is 23.9. The third kappa shape index (κ3) is 3.87. The second-order valence-electron chi connectivity index (χ2n) is 8.62. The number of halogens is 1. The summed E-state index contributed by atoms with van der Waals surface area (Å²) < 4.78 is 7.25. The van der Waals surface area contributed by atoms with Gasteiger partial charge in [0.15, 0.2) is 6.10 Å². The molecule has 0 spiro atoms. The smallest absolute Gasteiger partial charge is 0.262 e. The molecule has 7 heteroatoms. The van der Waals surface area contributed by atoms with E-state index >= 15 is 0 Å². The zero-order valence-corrected chi connectivity index (χ0v) is 20.2. The Balaban J connectivity index is 1.37. The Morgan fingerprint density at radius 2 is 1.46 bits per heavy atom. The predicted octanol–water partition coefficient (Wildman–Crippen LogP) is 5.76. The number of furan rings is 1. The highest BCUT2D eigenvalue weighted by molar-refractivity contribution is 9.10. The highest BCUT2D eigenvalue weighted by Crippen LogP contribution is 2.47. The van der Waals surface area contributed by atoms with Gasteiger partial charge in [-0.05, 0) is 42.0 Å². The van der Waals surface area contributed by atoms with E-state index in [2.05, 4.69) is 15.9 Å². The van der Waals surface area contributed by atoms with E-state index in [0.717, 1.165) is 21.3 Å². The molecule has 2 aliphatic heterocycles. The summed E-state index contributed by atoms with van der Waals surface area (Å²) in [4.78, 5) is 34.4. The van der Waals surface area contributed by atoms with Crippen molar-refractivity contribution in [1.82, 2.24) is 4.90 Å². The molecule has 2 saturated heterocycles. The number of likely N-dealkylation sites (tertiary alicyclic amines) is 1. The minimum atomic E-state index is -0.905. The highest BCUT2D eigenvalue weighted by Gasteiger charge is 2.60. The molecule has 0 bridgehead atoms. The first-order chi connectivity index (χ1) is 17.1. The van der Waals surface area contributed by atoms with Gasteiger partial charge in [-0.1, -0.05) is 76.6 Å². The molecule has 3 atom stereocenters. The molecule has 1 aromatic heterocycles. The molecule has 4 aromatic rings. The van der Waals surface area contributed by atoms with E-state index in [1.54, 1.807) is 5.06 Å². The number of imide groups is 1. The number of hydrogen-bond acceptors (Lipinski definition) is 5. The monoisotopic (exact) mass is 528 g/mol. The van der Waals surface area contributed by atoms with Crippen molar-refractivity contribution >= 4 is 33.4 Å². The van der Waals surface area contributed by atoms with Crippen molar-refractivity contribution in [3.8, 4) is 11.3 Å². The maximum absolute atomic E-state index is 13.6. The van der Waals surface area contributed by atoms with Gasteiger partial charge in [0.2, 0.25) is 5.91 Å². The maximum atomic E-state index is 13.6. The van der Waals surface area contributed by atoms with Crippen LogP contribution in [0.25, 0.3) is 11.3 Å². The van der Waals surface area contributed by atoms with Gasteiger partial charge < -0.3 is 4.42 Å². The number of amides is 2. The second kappa shape index (κ2) is 8.83. The number of carbonyl (C=O) groups excluding carboxylic acids is 2. The molecule has 0 radical (unpaired) electrons. The fourth-order valence-corrected chi connectivity index (χ4v) is 5.03. The van der Waals surface area contributed by atoms with Gasteiger partial charge in [-0.15, -0.1) is 0 Å². The Bertz CT molecular complexity index is 1370. The standard InChI is InChI=1S/C28H21BrN2O4/c29-20-13-11-19(12-14-20)22-15-16-23(34-22)25-24-26(35-31(25)21-9-5-2-6-10-21)28(33)30(27(24)32)17-18-7-3-1-4-8-18/h1-16,24-26H,17H2/t24-,25-,26-/m1/s1. The normalized spacial score (nSPS) is 21.6. The molecule has 0 unspecified atom stereocenters. The van der Waals surface area contributed by atoms with Crippen LogP contribution in [-0.4, -0.2) is 22.8 Å². The van der Waals surface area contributed by atoms with Crippen LogP contribution in [0.1, 0.15) is 17.4 Å². The molecule has 6 nitrogen and oxygen atoms in total. The lowest BCUT2D eigenvalue weighted by molar-refractivity contribution is -0.143. The van der Waals surface area contributed by atoms with Crippen LogP contribution in [0.4, 0.5) is 5.69 Å². The molecule has 35 heavy (non-hydrogen) atoms. The number of fused-ring (bicyclic) bond motifs is 1. The summed E-state index contributed by atoms with van der Waals surface area (Å²) in [5.41, 5.74) is 2.56. The van der Waals surface area contributed by atoms with Gasteiger partial charge in [0, 0.05) is 10.0 Å². The quantitative estimate of drug-likeness (QED) is 0.308. The van der Waals surface area contributed by atoms with Crippen molar-refractivity contribution in [2.45, 2.75) is 18.7 Å². The SMILES string of the molecule is O=C1[C@@H]2[C@@H](c3ccc(-c4ccc(Br)cc4)o3)N(c3ccccc3)O[C@H]2C(=O)N1Cc1ccccc1. The summed E-state index contributed by atoms with van der Waals surface area (Å²) in [6, 6.07) is 30.0. The van der Waals surface area contributed by atoms with Crippen LogP contribution < -0.4 is 5.06 Å². The lowest BCUT2D eigenvalue weighted by atomic mass is 9.94. The van der Waals surface area contributed by atoms with E-state index in [-0.39, 0.29) is 18.4 Å². The lowest BCUT2D eigenvalue weighted by Crippen LogP contribution is -2.36. The molecule has 2 fully saturated rings. The Labute approximate surface area is 210 Å². The van der Waals surface area contributed by atoms with E-state index in [1.165, 1.54) is 4.90 Å². The van der Waals surface area contributed by atoms with E-state index in [4.69, 9.17) is 9.25 Å². The summed E-state index contributed by atoms with van der Waals surface area (Å²) in [5.74, 6) is -0.0416. The van der Waals surface area contributed by atoms with Crippen LogP contribution in [0, 0.1) is 5.92 Å². The molecule has 3 heterocycles. The van der Waals surface area contributed by atoms with E-state index in [1.807, 2.05) is 97.1 Å². The van der Waals surface area contributed by atoms with Gasteiger partial charge in [0.1, 0.15) is 23.5 Å². The highest BCUT2D eigenvalue weighted by atomic mass is 79.9. The molecular formula is C28H21BrN2O4. The third-order valence-electron chi connectivity index (χ3n) is 6.45. The van der Waals surface area contributed by atoms with Gasteiger partial charge in [-0.25, -0.2) is 5.06 Å². The summed E-state index contributed by atoms with van der Waals surface area (Å²) in [6.07, 6.45) is -0.905. The average Bonchev–Trinajstić information content (AvgIpc) is 3.58. The fourth-order valence-electron chi connectivity index (χ4n) is 4.76. The molecule has 0 N–H and O–H groups in total. The first-order valence-corrected chi connectivity index (χ1v) is 12.2. The van der Waals surface area contributed by atoms with Crippen molar-refractivity contribution in [2.24, 2.45) is 5.92 Å². The van der Waals surface area contributed by atoms with Crippen LogP contribution in [0.5, 0.6) is 0 Å². The average molecular weight is 529 g/mol. The van der Waals surface area contributed by atoms with E-state index < -0.39 is 18.1 Å². The van der Waals surface area contributed by atoms with E-state index in [9.17, 15) is 9.59 Å². The van der Waals surface area contributed by atoms with Crippen LogP contribution in [0.15, 0.2) is 106 Å². The van der Waals surface area contributed by atoms with Crippen LogP contribution in [0.2, 0.25) is 0 Å². The van der Waals surface area contributed by atoms with Crippen molar-refractivity contribution in [1.29, 1.82) is 0 Å². The molecule has 3 aromatic carbocycles. The molecule has 174 valence electrons. The number of benzene rings is 3. The van der Waals surface area contributed by atoms with Crippen molar-refractivity contribution in [2.75, 3.05) is 5.06 Å². The van der Waals surface area contributed by atoms with Crippen LogP contribution in [0.3, 0.4) is 0 Å². The summed E-state index contributed by atoms with van der Waals surface area (Å²) in [5, 5.41) is 1.65. The Kier molecular flexibility index (Phi) is 5.51.